The van der Waals surface area contributed by atoms with Gasteiger partial charge in [0.1, 0.15) is 17.9 Å². The van der Waals surface area contributed by atoms with Crippen LogP contribution in [0.4, 0.5) is 0 Å². The van der Waals surface area contributed by atoms with E-state index in [-0.39, 0.29) is 5.75 Å². The fourth-order valence-electron chi connectivity index (χ4n) is 4.21. The predicted octanol–water partition coefficient (Wildman–Crippen LogP) is 3.12. The quantitative estimate of drug-likeness (QED) is 0.732. The van der Waals surface area contributed by atoms with Gasteiger partial charge in [0.15, 0.2) is 0 Å². The minimum atomic E-state index is 0.116. The summed E-state index contributed by atoms with van der Waals surface area (Å²) in [6.07, 6.45) is 14.9. The van der Waals surface area contributed by atoms with E-state index in [2.05, 4.69) is 31.6 Å². The first-order valence-electron chi connectivity index (χ1n) is 9.71. The number of piperidine rings is 2. The summed E-state index contributed by atoms with van der Waals surface area (Å²) in [5, 5.41) is 22.8. The van der Waals surface area contributed by atoms with Crippen LogP contribution >= 0.6 is 0 Å². The Morgan fingerprint density at radius 3 is 2.68 bits per heavy atom. The zero-order valence-corrected chi connectivity index (χ0v) is 15.5. The Morgan fingerprint density at radius 2 is 2.00 bits per heavy atom. The Kier molecular flexibility index (Phi) is 4.37. The molecule has 0 spiro atoms. The molecule has 3 aromatic heterocycles. The Balaban J connectivity index is 1.36. The molecule has 0 amide bonds. The van der Waals surface area contributed by atoms with Crippen LogP contribution in [0.1, 0.15) is 37.8 Å². The van der Waals surface area contributed by atoms with Crippen LogP contribution < -0.4 is 5.32 Å². The maximum absolute atomic E-state index is 10.4. The summed E-state index contributed by atoms with van der Waals surface area (Å²) >= 11 is 0. The number of hydrogen-bond donors (Lipinski definition) is 2. The first kappa shape index (κ1) is 17.1. The van der Waals surface area contributed by atoms with E-state index in [1.807, 2.05) is 12.1 Å². The van der Waals surface area contributed by atoms with Crippen LogP contribution in [0, 0.1) is 0 Å². The molecule has 2 N–H and O–H groups in total. The van der Waals surface area contributed by atoms with Crippen LogP contribution in [0.2, 0.25) is 0 Å². The van der Waals surface area contributed by atoms with Gasteiger partial charge < -0.3 is 10.4 Å². The molecule has 5 rings (SSSR count). The summed E-state index contributed by atoms with van der Waals surface area (Å²) in [6.45, 7) is 0. The third kappa shape index (κ3) is 3.41. The normalized spacial score (nSPS) is 23.1. The van der Waals surface area contributed by atoms with Gasteiger partial charge in [-0.05, 0) is 43.9 Å². The molecule has 0 unspecified atom stereocenters. The number of nitrogens with one attached hydrogen (secondary N) is 1. The number of pyridine rings is 1. The fourth-order valence-corrected chi connectivity index (χ4v) is 4.21. The van der Waals surface area contributed by atoms with E-state index < -0.39 is 0 Å². The molecule has 28 heavy (non-hydrogen) atoms. The number of aromatic hydroxyl groups is 1. The van der Waals surface area contributed by atoms with Gasteiger partial charge in [0, 0.05) is 36.7 Å². The second-order valence-corrected chi connectivity index (χ2v) is 7.58. The summed E-state index contributed by atoms with van der Waals surface area (Å²) < 4.78 is 1.73. The van der Waals surface area contributed by atoms with Crippen molar-refractivity contribution in [2.24, 2.45) is 0 Å². The van der Waals surface area contributed by atoms with Crippen molar-refractivity contribution < 1.29 is 5.11 Å². The Labute approximate surface area is 163 Å². The standard InChI is InChI=1S/C21H22N6O/c28-20-11-21(27-7-6-22-13-27)23-12-18(20)19-5-4-17(25-26-19)10-14-8-15-2-1-3-16(9-14)24-15/h4-7,10-13,15-16,24H,1-3,8-9H2,(H,23,28)/b14-10-/t15-,16+/m0/s1. The van der Waals surface area contributed by atoms with Crippen molar-refractivity contribution in [3.05, 3.63) is 54.4 Å². The first-order chi connectivity index (χ1) is 13.7. The van der Waals surface area contributed by atoms with Crippen molar-refractivity contribution in [3.63, 3.8) is 0 Å². The van der Waals surface area contributed by atoms with Gasteiger partial charge in [0.25, 0.3) is 0 Å². The minimum absolute atomic E-state index is 0.116. The van der Waals surface area contributed by atoms with Crippen LogP contribution in [0.15, 0.2) is 48.7 Å². The van der Waals surface area contributed by atoms with Crippen molar-refractivity contribution in [2.75, 3.05) is 0 Å². The van der Waals surface area contributed by atoms with Gasteiger partial charge in [-0.1, -0.05) is 12.0 Å². The maximum Gasteiger partial charge on any atom is 0.141 e. The average molecular weight is 374 g/mol. The summed E-state index contributed by atoms with van der Waals surface area (Å²) in [5.74, 6) is 0.717. The van der Waals surface area contributed by atoms with Crippen LogP contribution in [0.5, 0.6) is 5.75 Å². The van der Waals surface area contributed by atoms with Crippen molar-refractivity contribution >= 4 is 6.08 Å². The molecular formula is C21H22N6O. The van der Waals surface area contributed by atoms with Crippen LogP contribution in [-0.2, 0) is 0 Å². The third-order valence-electron chi connectivity index (χ3n) is 5.54. The Bertz CT molecular complexity index is 982. The van der Waals surface area contributed by atoms with Gasteiger partial charge in [0.2, 0.25) is 0 Å². The molecule has 0 aliphatic carbocycles. The van der Waals surface area contributed by atoms with Gasteiger partial charge in [-0.25, -0.2) is 9.97 Å². The summed E-state index contributed by atoms with van der Waals surface area (Å²) in [6, 6.07) is 6.67. The molecule has 7 nitrogen and oxygen atoms in total. The second kappa shape index (κ2) is 7.16. The predicted molar refractivity (Wildman–Crippen MR) is 106 cm³/mol. The first-order valence-corrected chi connectivity index (χ1v) is 9.71. The number of rotatable bonds is 3. The highest BCUT2D eigenvalue weighted by molar-refractivity contribution is 5.67. The number of imidazole rings is 1. The fraction of sp³-hybridized carbons (Fsp3) is 0.333. The molecule has 0 radical (unpaired) electrons. The number of hydrogen-bond acceptors (Lipinski definition) is 6. The van der Waals surface area contributed by atoms with E-state index in [0.717, 1.165) is 18.5 Å². The molecular weight excluding hydrogens is 352 g/mol. The molecule has 2 saturated heterocycles. The van der Waals surface area contributed by atoms with Crippen molar-refractivity contribution in [1.82, 2.24) is 30.0 Å². The summed E-state index contributed by atoms with van der Waals surface area (Å²) in [4.78, 5) is 8.38. The SMILES string of the molecule is Oc1cc(-n2ccnc2)ncc1-c1ccc(/C=C2\C[C@H]3CCC[C@@H](C2)N3)nn1. The van der Waals surface area contributed by atoms with E-state index in [9.17, 15) is 5.11 Å². The lowest BCUT2D eigenvalue weighted by molar-refractivity contribution is 0.283. The second-order valence-electron chi connectivity index (χ2n) is 7.58. The number of fused-ring (bicyclic) bond motifs is 2. The zero-order valence-electron chi connectivity index (χ0n) is 15.5. The third-order valence-corrected chi connectivity index (χ3v) is 5.54. The molecule has 2 atom stereocenters. The molecule has 142 valence electrons. The largest absolute Gasteiger partial charge is 0.507 e. The van der Waals surface area contributed by atoms with E-state index >= 15 is 0 Å². The summed E-state index contributed by atoms with van der Waals surface area (Å²) in [7, 11) is 0. The van der Waals surface area contributed by atoms with E-state index in [4.69, 9.17) is 0 Å². The lowest BCUT2D eigenvalue weighted by Crippen LogP contribution is -2.46. The lowest BCUT2D eigenvalue weighted by Gasteiger charge is -2.37. The molecule has 2 aliphatic heterocycles. The summed E-state index contributed by atoms with van der Waals surface area (Å²) in [5.41, 5.74) is 3.48. The smallest absolute Gasteiger partial charge is 0.141 e. The van der Waals surface area contributed by atoms with Crippen molar-refractivity contribution in [2.45, 2.75) is 44.2 Å². The van der Waals surface area contributed by atoms with Gasteiger partial charge in [-0.3, -0.25) is 4.57 Å². The van der Waals surface area contributed by atoms with E-state index in [1.165, 1.54) is 24.8 Å². The number of aromatic nitrogens is 5. The topological polar surface area (TPSA) is 88.8 Å². The van der Waals surface area contributed by atoms with Gasteiger partial charge >= 0.3 is 0 Å². The molecule has 7 heteroatoms. The molecule has 2 bridgehead atoms. The van der Waals surface area contributed by atoms with Gasteiger partial charge in [0.05, 0.1) is 17.0 Å². The average Bonchev–Trinajstić information content (AvgIpc) is 3.23. The Hall–Kier alpha value is -3.06. The van der Waals surface area contributed by atoms with E-state index in [0.29, 0.717) is 29.2 Å². The molecule has 2 fully saturated rings. The molecule has 5 heterocycles. The highest BCUT2D eigenvalue weighted by Gasteiger charge is 2.27. The molecule has 3 aromatic rings. The van der Waals surface area contributed by atoms with Crippen LogP contribution in [0.25, 0.3) is 23.2 Å². The van der Waals surface area contributed by atoms with Crippen LogP contribution in [0.3, 0.4) is 0 Å². The van der Waals surface area contributed by atoms with Crippen LogP contribution in [-0.4, -0.2) is 41.9 Å². The highest BCUT2D eigenvalue weighted by atomic mass is 16.3. The molecule has 2 aliphatic rings. The van der Waals surface area contributed by atoms with Crippen molar-refractivity contribution in [1.29, 1.82) is 0 Å². The van der Waals surface area contributed by atoms with Gasteiger partial charge in [-0.15, -0.1) is 5.10 Å². The molecule has 0 saturated carbocycles. The number of nitrogens with zero attached hydrogens (tertiary/aromatic N) is 5. The highest BCUT2D eigenvalue weighted by Crippen LogP contribution is 2.31. The maximum atomic E-state index is 10.4. The minimum Gasteiger partial charge on any atom is -0.507 e. The zero-order chi connectivity index (χ0) is 18.9. The van der Waals surface area contributed by atoms with E-state index in [1.54, 1.807) is 35.6 Å². The Morgan fingerprint density at radius 1 is 1.14 bits per heavy atom. The van der Waals surface area contributed by atoms with Crippen molar-refractivity contribution in [3.8, 4) is 22.8 Å². The lowest BCUT2D eigenvalue weighted by atomic mass is 9.83. The van der Waals surface area contributed by atoms with Gasteiger partial charge in [-0.2, -0.15) is 5.10 Å². The molecule has 0 aromatic carbocycles. The monoisotopic (exact) mass is 374 g/mol.